The maximum absolute atomic E-state index is 12.1. The van der Waals surface area contributed by atoms with Crippen LogP contribution in [0.15, 0.2) is 36.5 Å². The summed E-state index contributed by atoms with van der Waals surface area (Å²) < 4.78 is 8.02. The maximum Gasteiger partial charge on any atom is 0.223 e. The molecular formula is C19H23N3O2. The van der Waals surface area contributed by atoms with Crippen LogP contribution < -0.4 is 5.32 Å². The van der Waals surface area contributed by atoms with Crippen LogP contribution in [0, 0.1) is 5.92 Å². The molecule has 1 aromatic carbocycles. The van der Waals surface area contributed by atoms with Crippen molar-refractivity contribution in [1.82, 2.24) is 14.9 Å². The Morgan fingerprint density at radius 3 is 2.83 bits per heavy atom. The molecule has 2 aliphatic rings. The number of fused-ring (bicyclic) bond motifs is 1. The largest absolute Gasteiger partial charge is 0.367 e. The fraction of sp³-hybridized carbons (Fsp3) is 0.474. The minimum atomic E-state index is 0.0145. The van der Waals surface area contributed by atoms with Gasteiger partial charge in [0.1, 0.15) is 12.4 Å². The van der Waals surface area contributed by atoms with Gasteiger partial charge in [-0.15, -0.1) is 0 Å². The molecule has 5 nitrogen and oxygen atoms in total. The summed E-state index contributed by atoms with van der Waals surface area (Å²) in [6.07, 6.45) is 6.52. The minimum Gasteiger partial charge on any atom is -0.367 e. The molecule has 1 aromatic heterocycles. The second-order valence-electron chi connectivity index (χ2n) is 6.72. The van der Waals surface area contributed by atoms with Crippen molar-refractivity contribution in [2.24, 2.45) is 5.92 Å². The number of hydrogen-bond acceptors (Lipinski definition) is 3. The second kappa shape index (κ2) is 6.77. The Morgan fingerprint density at radius 1 is 1.25 bits per heavy atom. The monoisotopic (exact) mass is 325 g/mol. The molecule has 1 amide bonds. The molecule has 0 bridgehead atoms. The highest BCUT2D eigenvalue weighted by atomic mass is 16.5. The molecule has 0 spiro atoms. The Balaban J connectivity index is 1.37. The van der Waals surface area contributed by atoms with Crippen LogP contribution in [0.1, 0.15) is 31.5 Å². The first-order valence-corrected chi connectivity index (χ1v) is 8.80. The van der Waals surface area contributed by atoms with E-state index < -0.39 is 0 Å². The highest BCUT2D eigenvalue weighted by Crippen LogP contribution is 2.25. The number of carbonyl (C=O) groups is 1. The maximum atomic E-state index is 12.1. The molecule has 1 atom stereocenters. The molecular weight excluding hydrogens is 302 g/mol. The fourth-order valence-corrected chi connectivity index (χ4v) is 3.61. The van der Waals surface area contributed by atoms with E-state index in [1.807, 2.05) is 18.2 Å². The molecule has 2 aromatic rings. The van der Waals surface area contributed by atoms with Gasteiger partial charge in [0.2, 0.25) is 5.91 Å². The Hall–Kier alpha value is -2.14. The van der Waals surface area contributed by atoms with Crippen LogP contribution >= 0.6 is 0 Å². The van der Waals surface area contributed by atoms with Crippen LogP contribution in [0.25, 0.3) is 11.3 Å². The third kappa shape index (κ3) is 3.22. The van der Waals surface area contributed by atoms with Crippen molar-refractivity contribution in [2.75, 3.05) is 6.54 Å². The van der Waals surface area contributed by atoms with Crippen molar-refractivity contribution in [2.45, 2.75) is 44.9 Å². The van der Waals surface area contributed by atoms with Crippen molar-refractivity contribution in [3.05, 3.63) is 42.4 Å². The Morgan fingerprint density at radius 2 is 2.04 bits per heavy atom. The normalized spacial score (nSPS) is 20.8. The number of aromatic nitrogens is 2. The number of nitrogens with one attached hydrogen (secondary N) is 1. The molecule has 1 N–H and O–H groups in total. The van der Waals surface area contributed by atoms with Crippen molar-refractivity contribution in [1.29, 1.82) is 0 Å². The number of amides is 1. The molecule has 0 radical (unpaired) electrons. The molecule has 2 heterocycles. The second-order valence-corrected chi connectivity index (χ2v) is 6.72. The number of hydrogen-bond donors (Lipinski definition) is 1. The summed E-state index contributed by atoms with van der Waals surface area (Å²) in [5.74, 6) is 1.35. The van der Waals surface area contributed by atoms with E-state index in [-0.39, 0.29) is 17.9 Å². The lowest BCUT2D eigenvalue weighted by atomic mass is 10.1. The van der Waals surface area contributed by atoms with Gasteiger partial charge in [-0.2, -0.15) is 0 Å². The lowest BCUT2D eigenvalue weighted by Gasteiger charge is -2.25. The summed E-state index contributed by atoms with van der Waals surface area (Å²) in [5, 5.41) is 3.07. The Bertz CT molecular complexity index is 705. The molecule has 0 unspecified atom stereocenters. The summed E-state index contributed by atoms with van der Waals surface area (Å²) in [6.45, 7) is 1.81. The van der Waals surface area contributed by atoms with Crippen LogP contribution in [-0.2, 0) is 22.7 Å². The van der Waals surface area contributed by atoms with E-state index in [1.54, 1.807) is 0 Å². The first-order valence-electron chi connectivity index (χ1n) is 8.80. The third-order valence-corrected chi connectivity index (χ3v) is 5.01. The van der Waals surface area contributed by atoms with Gasteiger partial charge in [0.15, 0.2) is 0 Å². The number of carbonyl (C=O) groups excluding carboxylic acids is 1. The zero-order chi connectivity index (χ0) is 16.4. The Labute approximate surface area is 142 Å². The minimum absolute atomic E-state index is 0.0145. The van der Waals surface area contributed by atoms with E-state index in [2.05, 4.69) is 33.2 Å². The smallest absolute Gasteiger partial charge is 0.223 e. The first kappa shape index (κ1) is 15.4. The summed E-state index contributed by atoms with van der Waals surface area (Å²) in [4.78, 5) is 16.8. The van der Waals surface area contributed by atoms with Gasteiger partial charge in [0, 0.05) is 24.2 Å². The molecule has 1 fully saturated rings. The van der Waals surface area contributed by atoms with Crippen molar-refractivity contribution >= 4 is 5.91 Å². The average Bonchev–Trinajstić information content (AvgIpc) is 3.29. The van der Waals surface area contributed by atoms with Gasteiger partial charge in [-0.05, 0) is 12.8 Å². The van der Waals surface area contributed by atoms with Crippen LogP contribution in [-0.4, -0.2) is 28.1 Å². The molecule has 1 aliphatic heterocycles. The van der Waals surface area contributed by atoms with Gasteiger partial charge in [-0.1, -0.05) is 43.2 Å². The van der Waals surface area contributed by atoms with Crippen LogP contribution in [0.4, 0.5) is 0 Å². The van der Waals surface area contributed by atoms with E-state index in [1.165, 1.54) is 12.8 Å². The lowest BCUT2D eigenvalue weighted by Crippen LogP contribution is -2.40. The fourth-order valence-electron chi connectivity index (χ4n) is 3.61. The van der Waals surface area contributed by atoms with Crippen LogP contribution in [0.5, 0.6) is 0 Å². The van der Waals surface area contributed by atoms with E-state index in [0.29, 0.717) is 13.2 Å². The molecule has 0 saturated heterocycles. The van der Waals surface area contributed by atoms with E-state index in [0.717, 1.165) is 36.5 Å². The molecule has 4 rings (SSSR count). The predicted molar refractivity (Wildman–Crippen MR) is 91.2 cm³/mol. The predicted octanol–water partition coefficient (Wildman–Crippen LogP) is 2.76. The zero-order valence-electron chi connectivity index (χ0n) is 13.8. The summed E-state index contributed by atoms with van der Waals surface area (Å²) in [6, 6.07) is 10.2. The van der Waals surface area contributed by atoms with Gasteiger partial charge < -0.3 is 14.6 Å². The number of rotatable bonds is 4. The molecule has 126 valence electrons. The zero-order valence-corrected chi connectivity index (χ0v) is 13.8. The number of ether oxygens (including phenoxy) is 1. The van der Waals surface area contributed by atoms with Gasteiger partial charge in [-0.3, -0.25) is 4.79 Å². The highest BCUT2D eigenvalue weighted by Gasteiger charge is 2.25. The van der Waals surface area contributed by atoms with Gasteiger partial charge in [-0.25, -0.2) is 4.98 Å². The topological polar surface area (TPSA) is 56.2 Å². The van der Waals surface area contributed by atoms with Crippen molar-refractivity contribution in [3.63, 3.8) is 0 Å². The third-order valence-electron chi connectivity index (χ3n) is 5.01. The average molecular weight is 325 g/mol. The molecule has 24 heavy (non-hydrogen) atoms. The SMILES string of the molecule is O=C(NC[C@H]1Cn2cc(-c3ccccc3)nc2CO1)C1CCCC1. The number of imidazole rings is 1. The van der Waals surface area contributed by atoms with Gasteiger partial charge >= 0.3 is 0 Å². The molecule has 5 heteroatoms. The summed E-state index contributed by atoms with van der Waals surface area (Å²) in [5.41, 5.74) is 2.09. The molecule has 1 aliphatic carbocycles. The van der Waals surface area contributed by atoms with Crippen LogP contribution in [0.3, 0.4) is 0 Å². The quantitative estimate of drug-likeness (QED) is 0.940. The lowest BCUT2D eigenvalue weighted by molar-refractivity contribution is -0.125. The number of nitrogens with zero attached hydrogens (tertiary/aromatic N) is 2. The van der Waals surface area contributed by atoms with Crippen LogP contribution in [0.2, 0.25) is 0 Å². The summed E-state index contributed by atoms with van der Waals surface area (Å²) >= 11 is 0. The Kier molecular flexibility index (Phi) is 4.34. The first-order chi connectivity index (χ1) is 11.8. The van der Waals surface area contributed by atoms with Gasteiger partial charge in [0.05, 0.1) is 18.3 Å². The van der Waals surface area contributed by atoms with Gasteiger partial charge in [0.25, 0.3) is 0 Å². The van der Waals surface area contributed by atoms with Crippen molar-refractivity contribution < 1.29 is 9.53 Å². The molecule has 1 saturated carbocycles. The van der Waals surface area contributed by atoms with E-state index >= 15 is 0 Å². The standard InChI is InChI=1S/C19H23N3O2/c23-19(15-8-4-5-9-15)20-10-16-11-22-12-17(21-18(22)13-24-16)14-6-2-1-3-7-14/h1-3,6-7,12,15-16H,4-5,8-11,13H2,(H,20,23)/t16-/m0/s1. The number of benzene rings is 1. The van der Waals surface area contributed by atoms with E-state index in [4.69, 9.17) is 4.74 Å². The van der Waals surface area contributed by atoms with Crippen molar-refractivity contribution in [3.8, 4) is 11.3 Å². The summed E-state index contributed by atoms with van der Waals surface area (Å²) in [7, 11) is 0. The highest BCUT2D eigenvalue weighted by molar-refractivity contribution is 5.78. The van der Waals surface area contributed by atoms with E-state index in [9.17, 15) is 4.79 Å².